The van der Waals surface area contributed by atoms with Crippen molar-refractivity contribution < 1.29 is 0 Å². The summed E-state index contributed by atoms with van der Waals surface area (Å²) in [5, 5.41) is 3.41. The van der Waals surface area contributed by atoms with Gasteiger partial charge in [-0.05, 0) is 59.9 Å². The predicted molar refractivity (Wildman–Crippen MR) is 73.1 cm³/mol. The number of benzene rings is 1. The van der Waals surface area contributed by atoms with Gasteiger partial charge in [-0.3, -0.25) is 0 Å². The molecule has 0 spiro atoms. The van der Waals surface area contributed by atoms with Crippen LogP contribution in [-0.2, 0) is 6.54 Å². The first-order valence-electron chi connectivity index (χ1n) is 6.08. The predicted octanol–water partition coefficient (Wildman–Crippen LogP) is 2.72. The molecule has 1 unspecified atom stereocenters. The van der Waals surface area contributed by atoms with Crippen molar-refractivity contribution in [2.75, 3.05) is 13.1 Å². The van der Waals surface area contributed by atoms with Crippen molar-refractivity contribution in [1.82, 2.24) is 14.9 Å². The summed E-state index contributed by atoms with van der Waals surface area (Å²) in [7, 11) is 0. The van der Waals surface area contributed by atoms with Gasteiger partial charge in [-0.15, -0.1) is 0 Å². The van der Waals surface area contributed by atoms with E-state index >= 15 is 0 Å². The number of aromatic nitrogens is 2. The third-order valence-corrected chi connectivity index (χ3v) is 4.14. The minimum absolute atomic E-state index is 0.726. The van der Waals surface area contributed by atoms with Gasteiger partial charge in [0.25, 0.3) is 0 Å². The van der Waals surface area contributed by atoms with Crippen molar-refractivity contribution in [2.45, 2.75) is 19.9 Å². The molecule has 1 atom stereocenters. The first kappa shape index (κ1) is 11.2. The number of imidazole rings is 1. The van der Waals surface area contributed by atoms with Crippen LogP contribution >= 0.6 is 15.9 Å². The standard InChI is InChI=1S/C13H16BrN3/c1-9-3-2-4-11-12(9)16-13(14)17(11)8-10-5-6-15-7-10/h2-4,10,15H,5-8H2,1H3. The van der Waals surface area contributed by atoms with Crippen molar-refractivity contribution in [3.05, 3.63) is 28.5 Å². The molecule has 1 aliphatic rings. The average molecular weight is 294 g/mol. The number of nitrogens with zero attached hydrogens (tertiary/aromatic N) is 2. The number of hydrogen-bond donors (Lipinski definition) is 1. The Morgan fingerprint density at radius 3 is 3.18 bits per heavy atom. The Labute approximate surface area is 109 Å². The SMILES string of the molecule is Cc1cccc2c1nc(Br)n2CC1CCNC1. The van der Waals surface area contributed by atoms with Crippen LogP contribution in [0.1, 0.15) is 12.0 Å². The molecule has 4 heteroatoms. The number of nitrogens with one attached hydrogen (secondary N) is 1. The van der Waals surface area contributed by atoms with E-state index in [9.17, 15) is 0 Å². The van der Waals surface area contributed by atoms with Gasteiger partial charge in [-0.2, -0.15) is 0 Å². The van der Waals surface area contributed by atoms with Gasteiger partial charge in [0.2, 0.25) is 0 Å². The van der Waals surface area contributed by atoms with Gasteiger partial charge in [-0.1, -0.05) is 12.1 Å². The summed E-state index contributed by atoms with van der Waals surface area (Å²) in [4.78, 5) is 4.61. The van der Waals surface area contributed by atoms with Crippen LogP contribution in [0.15, 0.2) is 22.9 Å². The highest BCUT2D eigenvalue weighted by molar-refractivity contribution is 9.10. The summed E-state index contributed by atoms with van der Waals surface area (Å²) in [6, 6.07) is 6.38. The first-order chi connectivity index (χ1) is 8.25. The molecule has 2 heterocycles. The molecule has 17 heavy (non-hydrogen) atoms. The quantitative estimate of drug-likeness (QED) is 0.923. The Morgan fingerprint density at radius 2 is 2.41 bits per heavy atom. The monoisotopic (exact) mass is 293 g/mol. The van der Waals surface area contributed by atoms with Crippen molar-refractivity contribution >= 4 is 27.0 Å². The van der Waals surface area contributed by atoms with Crippen molar-refractivity contribution in [3.8, 4) is 0 Å². The van der Waals surface area contributed by atoms with Crippen LogP contribution in [0.3, 0.4) is 0 Å². The normalized spacial score (nSPS) is 20.2. The second-order valence-electron chi connectivity index (χ2n) is 4.79. The lowest BCUT2D eigenvalue weighted by Gasteiger charge is -2.11. The van der Waals surface area contributed by atoms with E-state index in [1.165, 1.54) is 17.5 Å². The highest BCUT2D eigenvalue weighted by Crippen LogP contribution is 2.25. The number of para-hydroxylation sites is 1. The Bertz CT molecular complexity index is 541. The Kier molecular flexibility index (Phi) is 2.92. The molecule has 0 amide bonds. The summed E-state index contributed by atoms with van der Waals surface area (Å²) in [6.45, 7) is 5.43. The van der Waals surface area contributed by atoms with E-state index in [0.29, 0.717) is 0 Å². The van der Waals surface area contributed by atoms with Crippen LogP contribution in [0.25, 0.3) is 11.0 Å². The van der Waals surface area contributed by atoms with Gasteiger partial charge < -0.3 is 9.88 Å². The van der Waals surface area contributed by atoms with Gasteiger partial charge in [0, 0.05) is 6.54 Å². The molecule has 2 aromatic rings. The number of hydrogen-bond acceptors (Lipinski definition) is 2. The van der Waals surface area contributed by atoms with Crippen molar-refractivity contribution in [1.29, 1.82) is 0 Å². The molecule has 0 bridgehead atoms. The summed E-state index contributed by atoms with van der Waals surface area (Å²) in [5.74, 6) is 0.726. The topological polar surface area (TPSA) is 29.9 Å². The lowest BCUT2D eigenvalue weighted by Crippen LogP contribution is -2.14. The van der Waals surface area contributed by atoms with Gasteiger partial charge in [-0.25, -0.2) is 4.98 Å². The van der Waals surface area contributed by atoms with E-state index in [1.54, 1.807) is 0 Å². The molecule has 1 N–H and O–H groups in total. The van der Waals surface area contributed by atoms with Crippen LogP contribution in [0.2, 0.25) is 0 Å². The van der Waals surface area contributed by atoms with Crippen LogP contribution in [0.4, 0.5) is 0 Å². The maximum Gasteiger partial charge on any atom is 0.178 e. The molecule has 1 fully saturated rings. The van der Waals surface area contributed by atoms with Crippen LogP contribution < -0.4 is 5.32 Å². The van der Waals surface area contributed by atoms with Crippen LogP contribution in [0, 0.1) is 12.8 Å². The lowest BCUT2D eigenvalue weighted by molar-refractivity contribution is 0.484. The molecular weight excluding hydrogens is 278 g/mol. The number of fused-ring (bicyclic) bond motifs is 1. The molecule has 0 saturated carbocycles. The summed E-state index contributed by atoms with van der Waals surface area (Å²) in [5.41, 5.74) is 3.60. The molecule has 3 nitrogen and oxygen atoms in total. The summed E-state index contributed by atoms with van der Waals surface area (Å²) in [6.07, 6.45) is 1.26. The highest BCUT2D eigenvalue weighted by Gasteiger charge is 2.18. The van der Waals surface area contributed by atoms with E-state index in [2.05, 4.69) is 55.9 Å². The fourth-order valence-electron chi connectivity index (χ4n) is 2.56. The fourth-order valence-corrected chi connectivity index (χ4v) is 3.07. The third-order valence-electron chi connectivity index (χ3n) is 3.54. The average Bonchev–Trinajstić information content (AvgIpc) is 2.91. The fraction of sp³-hybridized carbons (Fsp3) is 0.462. The second kappa shape index (κ2) is 4.42. The first-order valence-corrected chi connectivity index (χ1v) is 6.87. The molecule has 0 radical (unpaired) electrons. The molecule has 1 aliphatic heterocycles. The van der Waals surface area contributed by atoms with Crippen LogP contribution in [0.5, 0.6) is 0 Å². The zero-order valence-corrected chi connectivity index (χ0v) is 11.5. The smallest absolute Gasteiger partial charge is 0.178 e. The highest BCUT2D eigenvalue weighted by atomic mass is 79.9. The molecule has 0 aliphatic carbocycles. The van der Waals surface area contributed by atoms with Gasteiger partial charge in [0.05, 0.1) is 11.0 Å². The number of rotatable bonds is 2. The number of aryl methyl sites for hydroxylation is 1. The number of halogens is 1. The Balaban J connectivity index is 2.02. The Morgan fingerprint density at radius 1 is 1.53 bits per heavy atom. The van der Waals surface area contributed by atoms with Crippen molar-refractivity contribution in [2.24, 2.45) is 5.92 Å². The largest absolute Gasteiger partial charge is 0.318 e. The van der Waals surface area contributed by atoms with E-state index in [4.69, 9.17) is 0 Å². The molecular formula is C13H16BrN3. The maximum absolute atomic E-state index is 4.61. The molecule has 1 saturated heterocycles. The van der Waals surface area contributed by atoms with E-state index in [1.807, 2.05) is 0 Å². The van der Waals surface area contributed by atoms with E-state index in [0.717, 1.165) is 35.8 Å². The maximum atomic E-state index is 4.61. The van der Waals surface area contributed by atoms with E-state index < -0.39 is 0 Å². The summed E-state index contributed by atoms with van der Waals surface area (Å²) >= 11 is 3.58. The Hall–Kier alpha value is -0.870. The van der Waals surface area contributed by atoms with Crippen LogP contribution in [-0.4, -0.2) is 22.6 Å². The van der Waals surface area contributed by atoms with Gasteiger partial charge >= 0.3 is 0 Å². The second-order valence-corrected chi connectivity index (χ2v) is 5.50. The third kappa shape index (κ3) is 2.00. The molecule has 3 rings (SSSR count). The van der Waals surface area contributed by atoms with Gasteiger partial charge in [0.1, 0.15) is 0 Å². The zero-order valence-electron chi connectivity index (χ0n) is 9.91. The molecule has 90 valence electrons. The lowest BCUT2D eigenvalue weighted by atomic mass is 10.1. The minimum Gasteiger partial charge on any atom is -0.318 e. The van der Waals surface area contributed by atoms with Gasteiger partial charge in [0.15, 0.2) is 4.73 Å². The molecule has 1 aromatic carbocycles. The minimum atomic E-state index is 0.726. The zero-order chi connectivity index (χ0) is 11.8. The summed E-state index contributed by atoms with van der Waals surface area (Å²) < 4.78 is 3.24. The molecule has 1 aromatic heterocycles. The van der Waals surface area contributed by atoms with Crippen molar-refractivity contribution in [3.63, 3.8) is 0 Å². The van der Waals surface area contributed by atoms with E-state index in [-0.39, 0.29) is 0 Å².